The van der Waals surface area contributed by atoms with Gasteiger partial charge in [0.2, 0.25) is 0 Å². The summed E-state index contributed by atoms with van der Waals surface area (Å²) in [6, 6.07) is 10.3. The van der Waals surface area contributed by atoms with Crippen molar-refractivity contribution in [3.05, 3.63) is 78.4 Å². The highest BCUT2D eigenvalue weighted by Gasteiger charge is 1.94. The highest BCUT2D eigenvalue weighted by molar-refractivity contribution is 5.75. The van der Waals surface area contributed by atoms with Crippen molar-refractivity contribution in [2.75, 3.05) is 0 Å². The summed E-state index contributed by atoms with van der Waals surface area (Å²) in [5.41, 5.74) is 3.71. The third-order valence-corrected chi connectivity index (χ3v) is 2.12. The maximum atomic E-state index is 3.69. The Kier molecular flexibility index (Phi) is 5.07. The van der Waals surface area contributed by atoms with Crippen LogP contribution in [0.15, 0.2) is 72.9 Å². The molecule has 0 unspecified atom stereocenters. The van der Waals surface area contributed by atoms with Gasteiger partial charge in [0.05, 0.1) is 0 Å². The minimum absolute atomic E-state index is 1.20. The molecule has 0 saturated heterocycles. The Morgan fingerprint density at radius 2 is 1.75 bits per heavy atom. The predicted octanol–water partition coefficient (Wildman–Crippen LogP) is 4.78. The van der Waals surface area contributed by atoms with E-state index < -0.39 is 0 Å². The summed E-state index contributed by atoms with van der Waals surface area (Å²) in [7, 11) is 0. The molecular formula is C16H18. The fourth-order valence-corrected chi connectivity index (χ4v) is 1.31. The molecule has 0 aliphatic rings. The highest BCUT2D eigenvalue weighted by Crippen LogP contribution is 2.16. The summed E-state index contributed by atoms with van der Waals surface area (Å²) in [5.74, 6) is 0. The molecule has 0 bridgehead atoms. The monoisotopic (exact) mass is 210 g/mol. The van der Waals surface area contributed by atoms with Gasteiger partial charge in [0.1, 0.15) is 0 Å². The number of hydrogen-bond acceptors (Lipinski definition) is 0. The van der Waals surface area contributed by atoms with Gasteiger partial charge in [0.25, 0.3) is 0 Å². The fourth-order valence-electron chi connectivity index (χ4n) is 1.31. The van der Waals surface area contributed by atoms with Crippen molar-refractivity contribution in [2.45, 2.75) is 13.8 Å². The first-order valence-electron chi connectivity index (χ1n) is 5.43. The Bertz CT molecular complexity index is 413. The van der Waals surface area contributed by atoms with Crippen molar-refractivity contribution in [1.29, 1.82) is 0 Å². The van der Waals surface area contributed by atoms with Gasteiger partial charge in [0.15, 0.2) is 0 Å². The van der Waals surface area contributed by atoms with E-state index in [1.165, 1.54) is 16.7 Å². The topological polar surface area (TPSA) is 0 Å². The molecule has 0 aliphatic carbocycles. The average molecular weight is 210 g/mol. The zero-order chi connectivity index (χ0) is 11.8. The maximum absolute atomic E-state index is 3.69. The van der Waals surface area contributed by atoms with E-state index in [9.17, 15) is 0 Å². The summed E-state index contributed by atoms with van der Waals surface area (Å²) >= 11 is 0. The van der Waals surface area contributed by atoms with Gasteiger partial charge in [0, 0.05) is 0 Å². The van der Waals surface area contributed by atoms with E-state index >= 15 is 0 Å². The van der Waals surface area contributed by atoms with Gasteiger partial charge in [-0.05, 0) is 25.0 Å². The molecule has 1 rings (SSSR count). The van der Waals surface area contributed by atoms with Gasteiger partial charge in [-0.15, -0.1) is 0 Å². The van der Waals surface area contributed by atoms with Crippen LogP contribution in [0.1, 0.15) is 19.4 Å². The van der Waals surface area contributed by atoms with Crippen LogP contribution in [0.2, 0.25) is 0 Å². The van der Waals surface area contributed by atoms with Gasteiger partial charge in [-0.3, -0.25) is 0 Å². The van der Waals surface area contributed by atoms with Gasteiger partial charge >= 0.3 is 0 Å². The molecule has 0 amide bonds. The molecule has 1 aromatic carbocycles. The molecule has 0 fully saturated rings. The minimum Gasteiger partial charge on any atom is -0.0991 e. The largest absolute Gasteiger partial charge is 0.0991 e. The molecule has 82 valence electrons. The van der Waals surface area contributed by atoms with Crippen molar-refractivity contribution in [3.63, 3.8) is 0 Å². The van der Waals surface area contributed by atoms with Crippen LogP contribution in [0.5, 0.6) is 0 Å². The zero-order valence-corrected chi connectivity index (χ0v) is 9.98. The zero-order valence-electron chi connectivity index (χ0n) is 9.98. The summed E-state index contributed by atoms with van der Waals surface area (Å²) in [5, 5.41) is 0. The van der Waals surface area contributed by atoms with Crippen LogP contribution in [-0.2, 0) is 0 Å². The Labute approximate surface area is 98.3 Å². The molecule has 0 aliphatic heterocycles. The van der Waals surface area contributed by atoms with E-state index in [0.717, 1.165) is 0 Å². The Morgan fingerprint density at radius 3 is 2.31 bits per heavy atom. The summed E-state index contributed by atoms with van der Waals surface area (Å²) in [4.78, 5) is 0. The molecule has 0 heteroatoms. The standard InChI is InChI=1S/C16H18/c1-4-5-9-16(13-12-14(2)3)15-10-7-6-8-11-15/h4-13H,1H2,2-3H3/b9-5-,16-13+. The molecule has 1 aromatic rings. The maximum Gasteiger partial charge on any atom is -0.0184 e. The highest BCUT2D eigenvalue weighted by atomic mass is 14.0. The van der Waals surface area contributed by atoms with E-state index in [1.807, 2.05) is 24.3 Å². The lowest BCUT2D eigenvalue weighted by Gasteiger charge is -2.01. The van der Waals surface area contributed by atoms with E-state index in [2.05, 4.69) is 50.8 Å². The fraction of sp³-hybridized carbons (Fsp3) is 0.125. The average Bonchev–Trinajstić information content (AvgIpc) is 2.30. The quantitative estimate of drug-likeness (QED) is 0.627. The molecule has 0 heterocycles. The van der Waals surface area contributed by atoms with Crippen molar-refractivity contribution >= 4 is 5.57 Å². The summed E-state index contributed by atoms with van der Waals surface area (Å²) in [6.45, 7) is 7.88. The number of allylic oxidation sites excluding steroid dienone is 7. The minimum atomic E-state index is 1.20. The summed E-state index contributed by atoms with van der Waals surface area (Å²) < 4.78 is 0. The number of rotatable bonds is 4. The Morgan fingerprint density at radius 1 is 1.06 bits per heavy atom. The first-order valence-corrected chi connectivity index (χ1v) is 5.43. The lowest BCUT2D eigenvalue weighted by molar-refractivity contribution is 1.39. The molecule has 0 spiro atoms. The van der Waals surface area contributed by atoms with Gasteiger partial charge < -0.3 is 0 Å². The number of hydrogen-bond donors (Lipinski definition) is 0. The van der Waals surface area contributed by atoms with E-state index in [-0.39, 0.29) is 0 Å². The van der Waals surface area contributed by atoms with Crippen LogP contribution < -0.4 is 0 Å². The van der Waals surface area contributed by atoms with Crippen LogP contribution in [0.25, 0.3) is 5.57 Å². The SMILES string of the molecule is C=C/C=C\C(=C/C=C(C)C)c1ccccc1. The lowest BCUT2D eigenvalue weighted by atomic mass is 10.0. The van der Waals surface area contributed by atoms with Gasteiger partial charge in [-0.1, -0.05) is 72.9 Å². The normalized spacial score (nSPS) is 11.5. The molecule has 0 N–H and O–H groups in total. The first-order chi connectivity index (χ1) is 7.74. The van der Waals surface area contributed by atoms with Crippen LogP contribution >= 0.6 is 0 Å². The van der Waals surface area contributed by atoms with Crippen molar-refractivity contribution in [3.8, 4) is 0 Å². The first kappa shape index (κ1) is 12.3. The molecule has 0 nitrogen and oxygen atoms in total. The van der Waals surface area contributed by atoms with Crippen LogP contribution in [-0.4, -0.2) is 0 Å². The molecule has 16 heavy (non-hydrogen) atoms. The second kappa shape index (κ2) is 6.62. The molecule has 0 aromatic heterocycles. The van der Waals surface area contributed by atoms with Gasteiger partial charge in [-0.2, -0.15) is 0 Å². The van der Waals surface area contributed by atoms with Crippen LogP contribution in [0.4, 0.5) is 0 Å². The molecular weight excluding hydrogens is 192 g/mol. The second-order valence-corrected chi connectivity index (χ2v) is 3.83. The van der Waals surface area contributed by atoms with Crippen LogP contribution in [0.3, 0.4) is 0 Å². The molecule has 0 atom stereocenters. The van der Waals surface area contributed by atoms with E-state index in [0.29, 0.717) is 0 Å². The smallest absolute Gasteiger partial charge is 0.0184 e. The predicted molar refractivity (Wildman–Crippen MR) is 73.2 cm³/mol. The van der Waals surface area contributed by atoms with Gasteiger partial charge in [-0.25, -0.2) is 0 Å². The van der Waals surface area contributed by atoms with Crippen LogP contribution in [0, 0.1) is 0 Å². The second-order valence-electron chi connectivity index (χ2n) is 3.83. The van der Waals surface area contributed by atoms with E-state index in [1.54, 1.807) is 6.08 Å². The Balaban J connectivity index is 3.06. The van der Waals surface area contributed by atoms with Crippen molar-refractivity contribution in [1.82, 2.24) is 0 Å². The molecule has 0 saturated carbocycles. The third kappa shape index (κ3) is 4.14. The Hall–Kier alpha value is -1.82. The number of benzene rings is 1. The lowest BCUT2D eigenvalue weighted by Crippen LogP contribution is -1.79. The summed E-state index contributed by atoms with van der Waals surface area (Å²) in [6.07, 6.45) is 10.1. The van der Waals surface area contributed by atoms with Crippen molar-refractivity contribution < 1.29 is 0 Å². The van der Waals surface area contributed by atoms with E-state index in [4.69, 9.17) is 0 Å². The third-order valence-electron chi connectivity index (χ3n) is 2.12. The van der Waals surface area contributed by atoms with Crippen molar-refractivity contribution in [2.24, 2.45) is 0 Å². The molecule has 0 radical (unpaired) electrons.